The van der Waals surface area contributed by atoms with E-state index in [0.717, 1.165) is 96.3 Å². The Morgan fingerprint density at radius 2 is 0.729 bits per heavy atom. The number of carbonyl (C=O) groups is 3. The third kappa shape index (κ3) is 44.5. The van der Waals surface area contributed by atoms with Crippen LogP contribution in [-0.4, -0.2) is 37.2 Å². The van der Waals surface area contributed by atoms with Gasteiger partial charge in [0, 0.05) is 19.3 Å². The van der Waals surface area contributed by atoms with E-state index in [9.17, 15) is 14.4 Å². The Morgan fingerprint density at radius 3 is 1.20 bits per heavy atom. The second-order valence-electron chi connectivity index (χ2n) is 14.5. The molecule has 0 rings (SSSR count). The van der Waals surface area contributed by atoms with Crippen LogP contribution in [0.3, 0.4) is 0 Å². The highest BCUT2D eigenvalue weighted by atomic mass is 16.6. The number of hydrogen-bond acceptors (Lipinski definition) is 6. The predicted octanol–water partition coefficient (Wildman–Crippen LogP) is 14.7. The lowest BCUT2D eigenvalue weighted by molar-refractivity contribution is -0.167. The van der Waals surface area contributed by atoms with E-state index in [1.54, 1.807) is 0 Å². The third-order valence-electron chi connectivity index (χ3n) is 8.85. The first-order chi connectivity index (χ1) is 29.0. The molecule has 0 bridgehead atoms. The average Bonchev–Trinajstić information content (AvgIpc) is 3.23. The second kappa shape index (κ2) is 46.2. The molecule has 0 saturated heterocycles. The van der Waals surface area contributed by atoms with Gasteiger partial charge in [0.1, 0.15) is 13.2 Å². The lowest BCUT2D eigenvalue weighted by atomic mass is 10.1. The molecule has 1 atom stereocenters. The summed E-state index contributed by atoms with van der Waals surface area (Å²) < 4.78 is 16.6. The molecular weight excluding hydrogens is 733 g/mol. The van der Waals surface area contributed by atoms with Gasteiger partial charge in [-0.05, 0) is 70.6 Å². The van der Waals surface area contributed by atoms with E-state index < -0.39 is 12.1 Å². The molecule has 0 aliphatic rings. The van der Waals surface area contributed by atoms with Gasteiger partial charge in [0.05, 0.1) is 0 Å². The van der Waals surface area contributed by atoms with Crippen LogP contribution in [0.5, 0.6) is 0 Å². The monoisotopic (exact) mass is 813 g/mol. The van der Waals surface area contributed by atoms with E-state index in [1.165, 1.54) is 19.3 Å². The summed E-state index contributed by atoms with van der Waals surface area (Å²) in [5, 5.41) is 0. The standard InChI is InChI=1S/C53H80O6/c1-4-7-10-13-16-19-22-24-25-26-27-28-30-31-34-37-40-43-46-52(55)58-49-50(48-57-51(54)45-42-39-36-33-21-18-15-12-9-6-3)59-53(56)47-44-41-38-35-32-29-23-20-17-14-11-8-5-2/h8,10-11,13-20,22-29,32,35,38,50H,4-7,9,12,21,30-31,33-34,36-37,39-49H2,1-3H3/b11-8-,13-10-,17-14-,18-15-,19-16-,23-20-,24-22-,26-25-,28-27-,32-29-,38-35-. The van der Waals surface area contributed by atoms with E-state index in [-0.39, 0.29) is 31.6 Å². The van der Waals surface area contributed by atoms with Crippen molar-refractivity contribution in [1.82, 2.24) is 0 Å². The Labute approximate surface area is 360 Å². The zero-order chi connectivity index (χ0) is 43.0. The van der Waals surface area contributed by atoms with Crippen molar-refractivity contribution < 1.29 is 28.6 Å². The SMILES string of the molecule is CC\C=C/C=C\C=C/C=C\C=C/CCCC(=O)OC(COC(=O)CCCCCC/C=C\CCCC)COC(=O)CCCCCCC\C=C/C=C\C=C/C=C\C=C/CCC. The molecule has 0 saturated carbocycles. The van der Waals surface area contributed by atoms with Crippen molar-refractivity contribution in [1.29, 1.82) is 0 Å². The van der Waals surface area contributed by atoms with E-state index in [1.807, 2.05) is 91.1 Å². The van der Waals surface area contributed by atoms with Crippen LogP contribution in [0.1, 0.15) is 162 Å². The fraction of sp³-hybridized carbons (Fsp3) is 0.528. The molecule has 0 aromatic carbocycles. The number of allylic oxidation sites excluding steroid dienone is 22. The Bertz CT molecular complexity index is 1350. The van der Waals surface area contributed by atoms with Gasteiger partial charge in [-0.3, -0.25) is 14.4 Å². The Morgan fingerprint density at radius 1 is 0.356 bits per heavy atom. The minimum atomic E-state index is -0.833. The fourth-order valence-corrected chi connectivity index (χ4v) is 5.42. The van der Waals surface area contributed by atoms with Crippen molar-refractivity contribution >= 4 is 17.9 Å². The molecule has 0 aliphatic carbocycles. The maximum atomic E-state index is 12.7. The summed E-state index contributed by atoms with van der Waals surface area (Å²) >= 11 is 0. The maximum absolute atomic E-state index is 12.7. The molecule has 0 fully saturated rings. The largest absolute Gasteiger partial charge is 0.462 e. The van der Waals surface area contributed by atoms with E-state index in [2.05, 4.69) is 63.3 Å². The topological polar surface area (TPSA) is 78.9 Å². The third-order valence-corrected chi connectivity index (χ3v) is 8.85. The van der Waals surface area contributed by atoms with Gasteiger partial charge < -0.3 is 14.2 Å². The van der Waals surface area contributed by atoms with Crippen molar-refractivity contribution in [3.05, 3.63) is 134 Å². The van der Waals surface area contributed by atoms with Crippen LogP contribution in [0.4, 0.5) is 0 Å². The molecule has 6 heteroatoms. The van der Waals surface area contributed by atoms with Gasteiger partial charge in [0.15, 0.2) is 6.10 Å². The fourth-order valence-electron chi connectivity index (χ4n) is 5.42. The molecule has 0 spiro atoms. The highest BCUT2D eigenvalue weighted by Crippen LogP contribution is 2.11. The van der Waals surface area contributed by atoms with Gasteiger partial charge in [-0.15, -0.1) is 0 Å². The van der Waals surface area contributed by atoms with Crippen LogP contribution in [0.15, 0.2) is 134 Å². The molecule has 6 nitrogen and oxygen atoms in total. The number of esters is 3. The molecule has 328 valence electrons. The Kier molecular flexibility index (Phi) is 42.8. The molecule has 0 heterocycles. The van der Waals surface area contributed by atoms with Crippen LogP contribution in [0.25, 0.3) is 0 Å². The normalized spacial score (nSPS) is 13.3. The molecular formula is C53H80O6. The number of unbranched alkanes of at least 4 members (excludes halogenated alkanes) is 13. The van der Waals surface area contributed by atoms with Crippen LogP contribution in [0.2, 0.25) is 0 Å². The molecule has 0 amide bonds. The summed E-state index contributed by atoms with van der Waals surface area (Å²) in [4.78, 5) is 37.7. The van der Waals surface area contributed by atoms with Gasteiger partial charge in [-0.1, -0.05) is 206 Å². The van der Waals surface area contributed by atoms with Crippen molar-refractivity contribution in [2.45, 2.75) is 168 Å². The molecule has 59 heavy (non-hydrogen) atoms. The molecule has 0 N–H and O–H groups in total. The summed E-state index contributed by atoms with van der Waals surface area (Å²) in [5.41, 5.74) is 0. The Balaban J connectivity index is 4.57. The lowest BCUT2D eigenvalue weighted by Crippen LogP contribution is -2.30. The van der Waals surface area contributed by atoms with Crippen LogP contribution >= 0.6 is 0 Å². The summed E-state index contributed by atoms with van der Waals surface area (Å²) in [5.74, 6) is -1.06. The molecule has 1 unspecified atom stereocenters. The second-order valence-corrected chi connectivity index (χ2v) is 14.5. The quantitative estimate of drug-likeness (QED) is 0.0203. The first kappa shape index (κ1) is 54.6. The van der Waals surface area contributed by atoms with Gasteiger partial charge in [0.25, 0.3) is 0 Å². The smallest absolute Gasteiger partial charge is 0.306 e. The number of rotatable bonds is 38. The minimum Gasteiger partial charge on any atom is -0.462 e. The summed E-state index contributed by atoms with van der Waals surface area (Å²) in [7, 11) is 0. The number of hydrogen-bond donors (Lipinski definition) is 0. The highest BCUT2D eigenvalue weighted by Gasteiger charge is 2.19. The van der Waals surface area contributed by atoms with E-state index in [4.69, 9.17) is 14.2 Å². The molecule has 0 aromatic rings. The summed E-state index contributed by atoms with van der Waals surface area (Å²) in [6.45, 7) is 6.22. The van der Waals surface area contributed by atoms with Gasteiger partial charge in [0.2, 0.25) is 0 Å². The van der Waals surface area contributed by atoms with E-state index >= 15 is 0 Å². The van der Waals surface area contributed by atoms with Crippen LogP contribution in [-0.2, 0) is 28.6 Å². The number of ether oxygens (including phenoxy) is 3. The van der Waals surface area contributed by atoms with Crippen LogP contribution < -0.4 is 0 Å². The molecule has 0 aromatic heterocycles. The van der Waals surface area contributed by atoms with Crippen molar-refractivity contribution in [3.8, 4) is 0 Å². The average molecular weight is 813 g/mol. The molecule has 0 aliphatic heterocycles. The predicted molar refractivity (Wildman–Crippen MR) is 251 cm³/mol. The first-order valence-corrected chi connectivity index (χ1v) is 22.8. The zero-order valence-corrected chi connectivity index (χ0v) is 37.2. The van der Waals surface area contributed by atoms with Crippen molar-refractivity contribution in [2.75, 3.05) is 13.2 Å². The van der Waals surface area contributed by atoms with Gasteiger partial charge in [-0.25, -0.2) is 0 Å². The van der Waals surface area contributed by atoms with Gasteiger partial charge in [-0.2, -0.15) is 0 Å². The highest BCUT2D eigenvalue weighted by molar-refractivity contribution is 5.71. The summed E-state index contributed by atoms with van der Waals surface area (Å²) in [6, 6.07) is 0. The van der Waals surface area contributed by atoms with E-state index in [0.29, 0.717) is 19.3 Å². The first-order valence-electron chi connectivity index (χ1n) is 22.8. The minimum absolute atomic E-state index is 0.127. The Hall–Kier alpha value is -4.45. The summed E-state index contributed by atoms with van der Waals surface area (Å²) in [6.07, 6.45) is 64.4. The lowest BCUT2D eigenvalue weighted by Gasteiger charge is -2.18. The maximum Gasteiger partial charge on any atom is 0.306 e. The van der Waals surface area contributed by atoms with Crippen molar-refractivity contribution in [2.24, 2.45) is 0 Å². The van der Waals surface area contributed by atoms with Crippen LogP contribution in [0, 0.1) is 0 Å². The van der Waals surface area contributed by atoms with Gasteiger partial charge >= 0.3 is 17.9 Å². The molecule has 0 radical (unpaired) electrons. The number of carbonyl (C=O) groups excluding carboxylic acids is 3. The van der Waals surface area contributed by atoms with Crippen molar-refractivity contribution in [3.63, 3.8) is 0 Å². The zero-order valence-electron chi connectivity index (χ0n) is 37.2.